The van der Waals surface area contributed by atoms with Gasteiger partial charge >= 0.3 is 0 Å². The van der Waals surface area contributed by atoms with Crippen LogP contribution in [0.2, 0.25) is 0 Å². The van der Waals surface area contributed by atoms with Crippen LogP contribution in [0.5, 0.6) is 0 Å². The fourth-order valence-electron chi connectivity index (χ4n) is 3.05. The molecule has 1 fully saturated rings. The molecule has 0 atom stereocenters. The molecule has 0 unspecified atom stereocenters. The number of aryl methyl sites for hydroxylation is 1. The molecule has 0 aromatic heterocycles. The zero-order valence-electron chi connectivity index (χ0n) is 16.9. The van der Waals surface area contributed by atoms with Crippen molar-refractivity contribution in [2.24, 2.45) is 10.9 Å². The van der Waals surface area contributed by atoms with Crippen molar-refractivity contribution in [3.8, 4) is 0 Å². The van der Waals surface area contributed by atoms with Crippen molar-refractivity contribution in [3.05, 3.63) is 35.6 Å². The Hall–Kier alpha value is -0.930. The predicted molar refractivity (Wildman–Crippen MR) is 123 cm³/mol. The number of benzene rings is 1. The van der Waals surface area contributed by atoms with E-state index in [0.717, 1.165) is 83.1 Å². The zero-order valence-corrected chi connectivity index (χ0v) is 19.3. The van der Waals surface area contributed by atoms with Crippen molar-refractivity contribution >= 4 is 29.9 Å². The van der Waals surface area contributed by atoms with E-state index < -0.39 is 0 Å². The first-order chi connectivity index (χ1) is 13.3. The number of aliphatic imine (C=N–C) groups is 1. The van der Waals surface area contributed by atoms with E-state index in [9.17, 15) is 4.39 Å². The van der Waals surface area contributed by atoms with E-state index in [1.807, 2.05) is 6.07 Å². The Balaban J connectivity index is 0.00000392. The molecule has 0 amide bonds. The Morgan fingerprint density at radius 2 is 2.07 bits per heavy atom. The van der Waals surface area contributed by atoms with Gasteiger partial charge in [0.15, 0.2) is 5.96 Å². The van der Waals surface area contributed by atoms with E-state index in [1.54, 1.807) is 12.1 Å². The first-order valence-electron chi connectivity index (χ1n) is 10.2. The van der Waals surface area contributed by atoms with Crippen molar-refractivity contribution in [2.45, 2.75) is 39.0 Å². The van der Waals surface area contributed by atoms with E-state index in [2.05, 4.69) is 22.5 Å². The maximum Gasteiger partial charge on any atom is 0.191 e. The quantitative estimate of drug-likeness (QED) is 0.207. The summed E-state index contributed by atoms with van der Waals surface area (Å²) in [5.74, 6) is 1.31. The van der Waals surface area contributed by atoms with Crippen molar-refractivity contribution in [1.82, 2.24) is 10.6 Å². The molecule has 1 aliphatic rings. The maximum atomic E-state index is 13.2. The lowest BCUT2D eigenvalue weighted by Gasteiger charge is -2.21. The molecule has 1 aromatic carbocycles. The van der Waals surface area contributed by atoms with E-state index in [-0.39, 0.29) is 29.8 Å². The first kappa shape index (κ1) is 25.1. The van der Waals surface area contributed by atoms with Gasteiger partial charge in [-0.2, -0.15) is 0 Å². The minimum absolute atomic E-state index is 0. The number of guanidine groups is 1. The van der Waals surface area contributed by atoms with Crippen LogP contribution < -0.4 is 10.6 Å². The van der Waals surface area contributed by atoms with Crippen LogP contribution in [0.1, 0.15) is 38.2 Å². The molecule has 28 heavy (non-hydrogen) atoms. The average molecular weight is 507 g/mol. The van der Waals surface area contributed by atoms with E-state index >= 15 is 0 Å². The highest BCUT2D eigenvalue weighted by atomic mass is 127. The summed E-state index contributed by atoms with van der Waals surface area (Å²) in [6, 6.07) is 6.77. The van der Waals surface area contributed by atoms with Gasteiger partial charge < -0.3 is 20.1 Å². The molecule has 2 rings (SSSR count). The second kappa shape index (κ2) is 15.9. The van der Waals surface area contributed by atoms with Gasteiger partial charge in [-0.25, -0.2) is 4.39 Å². The molecule has 0 saturated carbocycles. The van der Waals surface area contributed by atoms with Crippen LogP contribution in [-0.2, 0) is 15.9 Å². The summed E-state index contributed by atoms with van der Waals surface area (Å²) in [6.07, 6.45) is 4.92. The van der Waals surface area contributed by atoms with E-state index in [0.29, 0.717) is 12.5 Å². The molecular weight excluding hydrogens is 472 g/mol. The lowest BCUT2D eigenvalue weighted by Crippen LogP contribution is -2.38. The normalized spacial score (nSPS) is 15.1. The van der Waals surface area contributed by atoms with Crippen molar-refractivity contribution in [1.29, 1.82) is 0 Å². The third kappa shape index (κ3) is 11.2. The number of hydrogen-bond donors (Lipinski definition) is 2. The topological polar surface area (TPSA) is 54.9 Å². The highest BCUT2D eigenvalue weighted by molar-refractivity contribution is 14.0. The fourth-order valence-corrected chi connectivity index (χ4v) is 3.05. The van der Waals surface area contributed by atoms with Gasteiger partial charge in [0.25, 0.3) is 0 Å². The van der Waals surface area contributed by atoms with Gasteiger partial charge in [0.05, 0.1) is 0 Å². The van der Waals surface area contributed by atoms with Gasteiger partial charge in [0, 0.05) is 46.1 Å². The molecule has 160 valence electrons. The zero-order chi connectivity index (χ0) is 19.2. The summed E-state index contributed by atoms with van der Waals surface area (Å²) in [6.45, 7) is 7.79. The Morgan fingerprint density at radius 1 is 1.25 bits per heavy atom. The number of hydrogen-bond acceptors (Lipinski definition) is 3. The second-order valence-corrected chi connectivity index (χ2v) is 6.91. The smallest absolute Gasteiger partial charge is 0.191 e. The number of rotatable bonds is 11. The molecule has 7 heteroatoms. The molecule has 0 radical (unpaired) electrons. The lowest BCUT2D eigenvalue weighted by atomic mass is 10.0. The molecule has 1 aliphatic heterocycles. The van der Waals surface area contributed by atoms with Crippen LogP contribution in [0.25, 0.3) is 0 Å². The molecule has 1 saturated heterocycles. The van der Waals surface area contributed by atoms with Crippen LogP contribution >= 0.6 is 24.0 Å². The van der Waals surface area contributed by atoms with Crippen LogP contribution in [0, 0.1) is 11.7 Å². The Kier molecular flexibility index (Phi) is 14.3. The monoisotopic (exact) mass is 507 g/mol. The standard InChI is InChI=1S/C21H34FN3O2.HI/c1-2-23-21(24-11-4-7-18-6-3-8-20(22)16-18)25-12-5-13-27-17-19-9-14-26-15-10-19;/h3,6,8,16,19H,2,4-5,7,9-15,17H2,1H3,(H2,23,24,25);1H. The summed E-state index contributed by atoms with van der Waals surface area (Å²) in [7, 11) is 0. The molecule has 0 spiro atoms. The molecule has 1 heterocycles. The van der Waals surface area contributed by atoms with Gasteiger partial charge in [-0.15, -0.1) is 24.0 Å². The summed E-state index contributed by atoms with van der Waals surface area (Å²) in [5.41, 5.74) is 1.02. The molecule has 0 aliphatic carbocycles. The van der Waals surface area contributed by atoms with Gasteiger partial charge in [-0.05, 0) is 62.6 Å². The predicted octanol–water partition coefficient (Wildman–Crippen LogP) is 3.76. The van der Waals surface area contributed by atoms with Gasteiger partial charge in [-0.3, -0.25) is 4.99 Å². The minimum atomic E-state index is -0.176. The van der Waals surface area contributed by atoms with Crippen LogP contribution in [0.15, 0.2) is 29.3 Å². The minimum Gasteiger partial charge on any atom is -0.381 e. The van der Waals surface area contributed by atoms with Crippen LogP contribution in [0.4, 0.5) is 4.39 Å². The Bertz CT molecular complexity index is 554. The second-order valence-electron chi connectivity index (χ2n) is 6.91. The first-order valence-corrected chi connectivity index (χ1v) is 10.2. The molecular formula is C21H35FIN3O2. The highest BCUT2D eigenvalue weighted by Crippen LogP contribution is 2.14. The van der Waals surface area contributed by atoms with Crippen molar-refractivity contribution in [2.75, 3.05) is 46.1 Å². The van der Waals surface area contributed by atoms with Crippen molar-refractivity contribution < 1.29 is 13.9 Å². The largest absolute Gasteiger partial charge is 0.381 e. The number of halogens is 2. The van der Waals surface area contributed by atoms with Crippen molar-refractivity contribution in [3.63, 3.8) is 0 Å². The number of ether oxygens (including phenoxy) is 2. The fraction of sp³-hybridized carbons (Fsp3) is 0.667. The summed E-state index contributed by atoms with van der Waals surface area (Å²) < 4.78 is 24.3. The summed E-state index contributed by atoms with van der Waals surface area (Å²) in [5, 5.41) is 6.60. The Labute approximate surface area is 185 Å². The number of nitrogens with zero attached hydrogens (tertiary/aromatic N) is 1. The number of nitrogens with one attached hydrogen (secondary N) is 2. The third-order valence-electron chi connectivity index (χ3n) is 4.58. The lowest BCUT2D eigenvalue weighted by molar-refractivity contribution is 0.0203. The van der Waals surface area contributed by atoms with Crippen LogP contribution in [-0.4, -0.2) is 52.0 Å². The molecule has 0 bridgehead atoms. The third-order valence-corrected chi connectivity index (χ3v) is 4.58. The van der Waals surface area contributed by atoms with E-state index in [1.165, 1.54) is 6.07 Å². The van der Waals surface area contributed by atoms with Crippen LogP contribution in [0.3, 0.4) is 0 Å². The van der Waals surface area contributed by atoms with Gasteiger partial charge in [0.1, 0.15) is 5.82 Å². The summed E-state index contributed by atoms with van der Waals surface area (Å²) in [4.78, 5) is 4.59. The molecule has 2 N–H and O–H groups in total. The highest BCUT2D eigenvalue weighted by Gasteiger charge is 2.13. The molecule has 1 aromatic rings. The van der Waals surface area contributed by atoms with E-state index in [4.69, 9.17) is 9.47 Å². The average Bonchev–Trinajstić information content (AvgIpc) is 2.68. The summed E-state index contributed by atoms with van der Waals surface area (Å²) >= 11 is 0. The van der Waals surface area contributed by atoms with Gasteiger partial charge in [-0.1, -0.05) is 12.1 Å². The maximum absolute atomic E-state index is 13.2. The molecule has 5 nitrogen and oxygen atoms in total. The Morgan fingerprint density at radius 3 is 2.82 bits per heavy atom. The SMILES string of the molecule is CCNC(=NCCCc1cccc(F)c1)NCCCOCC1CCOCC1.I. The van der Waals surface area contributed by atoms with Gasteiger partial charge in [0.2, 0.25) is 0 Å².